The van der Waals surface area contributed by atoms with Crippen LogP contribution in [0, 0.1) is 5.41 Å². The topological polar surface area (TPSA) is 39.7 Å². The molecule has 1 aromatic carbocycles. The van der Waals surface area contributed by atoms with Crippen LogP contribution in [0.5, 0.6) is 11.5 Å². The SMILES string of the molecule is C=C(NOCCCCOc1c(CC)cc(OCC=C(Cl)Cl)cc1CC)C(C)(C)C. The molecule has 1 N–H and O–H groups in total. The molecule has 164 valence electrons. The number of halogens is 2. The van der Waals surface area contributed by atoms with E-state index in [4.69, 9.17) is 37.5 Å². The van der Waals surface area contributed by atoms with Crippen molar-refractivity contribution in [1.29, 1.82) is 0 Å². The van der Waals surface area contributed by atoms with Crippen LogP contribution in [0.1, 0.15) is 58.6 Å². The van der Waals surface area contributed by atoms with Crippen LogP contribution in [0.4, 0.5) is 0 Å². The molecule has 0 radical (unpaired) electrons. The van der Waals surface area contributed by atoms with Gasteiger partial charge in [0.25, 0.3) is 0 Å². The summed E-state index contributed by atoms with van der Waals surface area (Å²) in [5, 5.41) is 0. The Balaban J connectivity index is 2.52. The van der Waals surface area contributed by atoms with Gasteiger partial charge in [-0.25, -0.2) is 0 Å². The molecule has 6 heteroatoms. The molecule has 0 bridgehead atoms. The van der Waals surface area contributed by atoms with Crippen molar-refractivity contribution in [3.8, 4) is 11.5 Å². The largest absolute Gasteiger partial charge is 0.493 e. The third-order valence-electron chi connectivity index (χ3n) is 4.45. The van der Waals surface area contributed by atoms with Crippen LogP contribution in [0.3, 0.4) is 0 Å². The van der Waals surface area contributed by atoms with Crippen LogP contribution in [-0.2, 0) is 17.7 Å². The van der Waals surface area contributed by atoms with Crippen LogP contribution in [0.2, 0.25) is 0 Å². The normalized spacial score (nSPS) is 11.1. The zero-order valence-electron chi connectivity index (χ0n) is 18.4. The van der Waals surface area contributed by atoms with Crippen LogP contribution >= 0.6 is 23.2 Å². The summed E-state index contributed by atoms with van der Waals surface area (Å²) in [5.74, 6) is 1.77. The summed E-state index contributed by atoms with van der Waals surface area (Å²) in [5.41, 5.74) is 6.06. The van der Waals surface area contributed by atoms with E-state index >= 15 is 0 Å². The second-order valence-electron chi connectivity index (χ2n) is 7.82. The predicted octanol–water partition coefficient (Wildman–Crippen LogP) is 6.75. The molecule has 0 unspecified atom stereocenters. The first kappa shape index (κ1) is 25.7. The maximum absolute atomic E-state index is 6.13. The van der Waals surface area contributed by atoms with Crippen molar-refractivity contribution in [2.24, 2.45) is 5.41 Å². The van der Waals surface area contributed by atoms with E-state index in [-0.39, 0.29) is 9.91 Å². The molecular weight excluding hydrogens is 409 g/mol. The molecule has 1 aromatic rings. The quantitative estimate of drug-likeness (QED) is 0.270. The molecule has 0 saturated carbocycles. The maximum Gasteiger partial charge on any atom is 0.125 e. The van der Waals surface area contributed by atoms with Crippen molar-refractivity contribution in [1.82, 2.24) is 5.48 Å². The monoisotopic (exact) mass is 443 g/mol. The Hall–Kier alpha value is -1.36. The van der Waals surface area contributed by atoms with Gasteiger partial charge >= 0.3 is 0 Å². The molecule has 0 atom stereocenters. The number of hydroxylamine groups is 1. The number of ether oxygens (including phenoxy) is 2. The van der Waals surface area contributed by atoms with Gasteiger partial charge < -0.3 is 9.47 Å². The predicted molar refractivity (Wildman–Crippen MR) is 123 cm³/mol. The number of allylic oxidation sites excluding steroid dienone is 1. The summed E-state index contributed by atoms with van der Waals surface area (Å²) in [6.07, 6.45) is 5.17. The van der Waals surface area contributed by atoms with Gasteiger partial charge in [-0.3, -0.25) is 10.3 Å². The van der Waals surface area contributed by atoms with Gasteiger partial charge in [0.1, 0.15) is 22.6 Å². The maximum atomic E-state index is 6.13. The molecule has 0 aliphatic heterocycles. The zero-order chi connectivity index (χ0) is 21.9. The second-order valence-corrected chi connectivity index (χ2v) is 8.83. The molecule has 0 aromatic heterocycles. The molecule has 0 saturated heterocycles. The number of hydrogen-bond donors (Lipinski definition) is 1. The molecule has 29 heavy (non-hydrogen) atoms. The van der Waals surface area contributed by atoms with Gasteiger partial charge in [0.2, 0.25) is 0 Å². The van der Waals surface area contributed by atoms with Gasteiger partial charge in [-0.1, -0.05) is 64.4 Å². The van der Waals surface area contributed by atoms with Gasteiger partial charge in [0, 0.05) is 11.1 Å². The fraction of sp³-hybridized carbons (Fsp3) is 0.565. The van der Waals surface area contributed by atoms with Crippen molar-refractivity contribution in [3.63, 3.8) is 0 Å². The first-order valence-electron chi connectivity index (χ1n) is 10.2. The summed E-state index contributed by atoms with van der Waals surface area (Å²) in [6.45, 7) is 16.1. The molecular formula is C23H35Cl2NO3. The zero-order valence-corrected chi connectivity index (χ0v) is 19.9. The Labute approximate surface area is 186 Å². The molecule has 0 aliphatic rings. The molecule has 1 rings (SSSR count). The Kier molecular flexibility index (Phi) is 11.6. The minimum atomic E-state index is -0.0153. The Morgan fingerprint density at radius 2 is 1.62 bits per heavy atom. The highest BCUT2D eigenvalue weighted by Crippen LogP contribution is 2.31. The highest BCUT2D eigenvalue weighted by Gasteiger charge is 2.14. The number of hydrogen-bond acceptors (Lipinski definition) is 4. The van der Waals surface area contributed by atoms with E-state index in [2.05, 4.69) is 46.7 Å². The smallest absolute Gasteiger partial charge is 0.125 e. The van der Waals surface area contributed by atoms with Crippen LogP contribution in [-0.4, -0.2) is 19.8 Å². The van der Waals surface area contributed by atoms with Gasteiger partial charge in [-0.2, -0.15) is 0 Å². The van der Waals surface area contributed by atoms with E-state index in [0.29, 0.717) is 19.8 Å². The number of nitrogens with one attached hydrogen (secondary N) is 1. The van der Waals surface area contributed by atoms with E-state index in [0.717, 1.165) is 54.0 Å². The van der Waals surface area contributed by atoms with E-state index in [9.17, 15) is 0 Å². The van der Waals surface area contributed by atoms with Crippen molar-refractivity contribution < 1.29 is 14.3 Å². The standard InChI is InChI=1S/C23H35Cl2NO3/c1-7-18-15-20(27-14-11-21(24)25)16-19(8-2)22(18)28-12-9-10-13-29-26-17(3)23(4,5)6/h11,15-16,26H,3,7-10,12-14H2,1-2,4-6H3. The average molecular weight is 444 g/mol. The molecule has 4 nitrogen and oxygen atoms in total. The first-order valence-corrected chi connectivity index (χ1v) is 10.9. The fourth-order valence-electron chi connectivity index (χ4n) is 2.46. The van der Waals surface area contributed by atoms with Gasteiger partial charge in [-0.05, 0) is 55.0 Å². The molecule has 0 amide bonds. The summed E-state index contributed by atoms with van der Waals surface area (Å²) in [6, 6.07) is 4.05. The van der Waals surface area contributed by atoms with Crippen molar-refractivity contribution in [3.05, 3.63) is 46.1 Å². The van der Waals surface area contributed by atoms with Gasteiger partial charge in [-0.15, -0.1) is 0 Å². The van der Waals surface area contributed by atoms with E-state index < -0.39 is 0 Å². The lowest BCUT2D eigenvalue weighted by Crippen LogP contribution is -2.24. The lowest BCUT2D eigenvalue weighted by molar-refractivity contribution is 0.0464. The van der Waals surface area contributed by atoms with E-state index in [1.54, 1.807) is 6.08 Å². The summed E-state index contributed by atoms with van der Waals surface area (Å²) >= 11 is 11.3. The van der Waals surface area contributed by atoms with E-state index in [1.165, 1.54) is 0 Å². The average Bonchev–Trinajstić information content (AvgIpc) is 2.66. The fourth-order valence-corrected chi connectivity index (χ4v) is 2.59. The second kappa shape index (κ2) is 13.0. The number of aryl methyl sites for hydroxylation is 2. The van der Waals surface area contributed by atoms with Crippen LogP contribution < -0.4 is 15.0 Å². The lowest BCUT2D eigenvalue weighted by Gasteiger charge is -2.22. The van der Waals surface area contributed by atoms with Crippen molar-refractivity contribution in [2.75, 3.05) is 19.8 Å². The van der Waals surface area contributed by atoms with E-state index in [1.807, 2.05) is 12.1 Å². The minimum absolute atomic E-state index is 0.0153. The third kappa shape index (κ3) is 9.79. The highest BCUT2D eigenvalue weighted by molar-refractivity contribution is 6.55. The van der Waals surface area contributed by atoms with Gasteiger partial charge in [0.05, 0.1) is 13.2 Å². The van der Waals surface area contributed by atoms with Gasteiger partial charge in [0.15, 0.2) is 0 Å². The Bertz CT molecular complexity index is 652. The molecule has 0 spiro atoms. The van der Waals surface area contributed by atoms with Crippen molar-refractivity contribution in [2.45, 2.75) is 60.3 Å². The summed E-state index contributed by atoms with van der Waals surface area (Å²) in [4.78, 5) is 5.49. The summed E-state index contributed by atoms with van der Waals surface area (Å²) in [7, 11) is 0. The minimum Gasteiger partial charge on any atom is -0.493 e. The first-order chi connectivity index (χ1) is 13.7. The highest BCUT2D eigenvalue weighted by atomic mass is 35.5. The van der Waals surface area contributed by atoms with Crippen molar-refractivity contribution >= 4 is 23.2 Å². The number of benzene rings is 1. The third-order valence-corrected chi connectivity index (χ3v) is 4.76. The lowest BCUT2D eigenvalue weighted by atomic mass is 9.94. The number of unbranched alkanes of at least 4 members (excludes halogenated alkanes) is 1. The molecule has 0 fully saturated rings. The Morgan fingerprint density at radius 3 is 2.14 bits per heavy atom. The summed E-state index contributed by atoms with van der Waals surface area (Å²) < 4.78 is 12.1. The molecule has 0 heterocycles. The Morgan fingerprint density at radius 1 is 1.03 bits per heavy atom. The number of rotatable bonds is 13. The van der Waals surface area contributed by atoms with Crippen LogP contribution in [0.25, 0.3) is 0 Å². The van der Waals surface area contributed by atoms with Crippen LogP contribution in [0.15, 0.2) is 35.0 Å². The molecule has 0 aliphatic carbocycles.